The zero-order valence-corrected chi connectivity index (χ0v) is 10.3. The molecule has 2 heteroatoms. The second-order valence-electron chi connectivity index (χ2n) is 4.79. The fraction of sp³-hybridized carbons (Fsp3) is 0.571. The number of anilines is 1. The molecule has 16 heavy (non-hydrogen) atoms. The summed E-state index contributed by atoms with van der Waals surface area (Å²) >= 11 is 0. The molecule has 0 radical (unpaired) electrons. The van der Waals surface area contributed by atoms with Gasteiger partial charge in [0.1, 0.15) is 0 Å². The van der Waals surface area contributed by atoms with Gasteiger partial charge in [-0.2, -0.15) is 0 Å². The number of aryl methyl sites for hydroxylation is 2. The first kappa shape index (κ1) is 11.5. The second kappa shape index (κ2) is 5.35. The molecule has 2 nitrogen and oxygen atoms in total. The Kier molecular flexibility index (Phi) is 3.83. The molecule has 1 aliphatic heterocycles. The second-order valence-corrected chi connectivity index (χ2v) is 4.79. The van der Waals surface area contributed by atoms with Crippen molar-refractivity contribution in [3.8, 4) is 0 Å². The first-order valence-corrected chi connectivity index (χ1v) is 6.31. The van der Waals surface area contributed by atoms with Crippen LogP contribution in [-0.4, -0.2) is 19.1 Å². The summed E-state index contributed by atoms with van der Waals surface area (Å²) in [6.07, 6.45) is 4.00. The van der Waals surface area contributed by atoms with Crippen LogP contribution in [0.3, 0.4) is 0 Å². The van der Waals surface area contributed by atoms with E-state index in [1.807, 2.05) is 0 Å². The van der Waals surface area contributed by atoms with Gasteiger partial charge in [0.15, 0.2) is 0 Å². The summed E-state index contributed by atoms with van der Waals surface area (Å²) in [6, 6.07) is 7.11. The van der Waals surface area contributed by atoms with Crippen molar-refractivity contribution >= 4 is 5.69 Å². The van der Waals surface area contributed by atoms with Gasteiger partial charge >= 0.3 is 0 Å². The van der Waals surface area contributed by atoms with Crippen LogP contribution in [0.5, 0.6) is 0 Å². The fourth-order valence-electron chi connectivity index (χ4n) is 2.42. The normalized spacial score (nSPS) is 20.8. The SMILES string of the molecule is Cc1cccc(C)c1NCC1CCCCN1. The Morgan fingerprint density at radius 3 is 2.62 bits per heavy atom. The van der Waals surface area contributed by atoms with E-state index in [1.54, 1.807) is 0 Å². The molecule has 2 N–H and O–H groups in total. The van der Waals surface area contributed by atoms with Crippen LogP contribution >= 0.6 is 0 Å². The summed E-state index contributed by atoms with van der Waals surface area (Å²) in [6.45, 7) is 6.57. The van der Waals surface area contributed by atoms with Crippen molar-refractivity contribution in [3.05, 3.63) is 29.3 Å². The lowest BCUT2D eigenvalue weighted by Gasteiger charge is -2.25. The van der Waals surface area contributed by atoms with Crippen molar-refractivity contribution in [3.63, 3.8) is 0 Å². The number of hydrogen-bond donors (Lipinski definition) is 2. The minimum absolute atomic E-state index is 0.646. The van der Waals surface area contributed by atoms with Crippen LogP contribution in [-0.2, 0) is 0 Å². The molecule has 1 fully saturated rings. The number of rotatable bonds is 3. The van der Waals surface area contributed by atoms with Gasteiger partial charge in [-0.25, -0.2) is 0 Å². The largest absolute Gasteiger partial charge is 0.383 e. The minimum Gasteiger partial charge on any atom is -0.383 e. The third kappa shape index (κ3) is 2.76. The predicted octanol–water partition coefficient (Wildman–Crippen LogP) is 2.86. The Morgan fingerprint density at radius 2 is 2.00 bits per heavy atom. The summed E-state index contributed by atoms with van der Waals surface area (Å²) in [5.41, 5.74) is 4.00. The average Bonchev–Trinajstić information content (AvgIpc) is 2.30. The highest BCUT2D eigenvalue weighted by Gasteiger charge is 2.12. The lowest BCUT2D eigenvalue weighted by atomic mass is 10.0. The number of hydrogen-bond acceptors (Lipinski definition) is 2. The van der Waals surface area contributed by atoms with Crippen LogP contribution in [0.25, 0.3) is 0 Å². The van der Waals surface area contributed by atoms with Gasteiger partial charge in [-0.1, -0.05) is 24.6 Å². The first-order chi connectivity index (χ1) is 7.77. The van der Waals surface area contributed by atoms with Gasteiger partial charge < -0.3 is 10.6 Å². The van der Waals surface area contributed by atoms with E-state index in [0.29, 0.717) is 6.04 Å². The van der Waals surface area contributed by atoms with Crippen LogP contribution in [0.2, 0.25) is 0 Å². The van der Waals surface area contributed by atoms with Gasteiger partial charge in [-0.3, -0.25) is 0 Å². The Hall–Kier alpha value is -1.02. The highest BCUT2D eigenvalue weighted by Crippen LogP contribution is 2.19. The van der Waals surface area contributed by atoms with E-state index in [-0.39, 0.29) is 0 Å². The summed E-state index contributed by atoms with van der Waals surface area (Å²) in [5, 5.41) is 7.15. The van der Waals surface area contributed by atoms with Crippen molar-refractivity contribution in [1.82, 2.24) is 5.32 Å². The number of para-hydroxylation sites is 1. The Labute approximate surface area is 98.4 Å². The quantitative estimate of drug-likeness (QED) is 0.815. The van der Waals surface area contributed by atoms with Crippen LogP contribution in [0.15, 0.2) is 18.2 Å². The molecular weight excluding hydrogens is 196 g/mol. The molecule has 1 aromatic carbocycles. The Bertz CT molecular complexity index is 320. The zero-order chi connectivity index (χ0) is 11.4. The van der Waals surface area contributed by atoms with Gasteiger partial charge in [0.2, 0.25) is 0 Å². The van der Waals surface area contributed by atoms with Gasteiger partial charge in [-0.05, 0) is 44.4 Å². The highest BCUT2D eigenvalue weighted by molar-refractivity contribution is 5.56. The van der Waals surface area contributed by atoms with E-state index >= 15 is 0 Å². The molecule has 0 spiro atoms. The Morgan fingerprint density at radius 1 is 1.25 bits per heavy atom. The monoisotopic (exact) mass is 218 g/mol. The molecule has 2 rings (SSSR count). The summed E-state index contributed by atoms with van der Waals surface area (Å²) in [4.78, 5) is 0. The molecule has 1 unspecified atom stereocenters. The average molecular weight is 218 g/mol. The summed E-state index contributed by atoms with van der Waals surface area (Å²) in [7, 11) is 0. The van der Waals surface area contributed by atoms with Gasteiger partial charge in [0.25, 0.3) is 0 Å². The molecule has 0 bridgehead atoms. The first-order valence-electron chi connectivity index (χ1n) is 6.31. The molecule has 0 saturated carbocycles. The number of benzene rings is 1. The third-order valence-corrected chi connectivity index (χ3v) is 3.42. The highest BCUT2D eigenvalue weighted by atomic mass is 15.0. The summed E-state index contributed by atoms with van der Waals surface area (Å²) < 4.78 is 0. The topological polar surface area (TPSA) is 24.1 Å². The summed E-state index contributed by atoms with van der Waals surface area (Å²) in [5.74, 6) is 0. The van der Waals surface area contributed by atoms with Crippen LogP contribution < -0.4 is 10.6 Å². The van der Waals surface area contributed by atoms with Crippen LogP contribution in [0.1, 0.15) is 30.4 Å². The lowest BCUT2D eigenvalue weighted by molar-refractivity contribution is 0.414. The molecule has 0 amide bonds. The fourth-order valence-corrected chi connectivity index (χ4v) is 2.42. The zero-order valence-electron chi connectivity index (χ0n) is 10.3. The van der Waals surface area contributed by atoms with Gasteiger partial charge in [0, 0.05) is 18.3 Å². The van der Waals surface area contributed by atoms with Crippen LogP contribution in [0, 0.1) is 13.8 Å². The van der Waals surface area contributed by atoms with Crippen molar-refractivity contribution in [1.29, 1.82) is 0 Å². The van der Waals surface area contributed by atoms with Crippen molar-refractivity contribution in [2.75, 3.05) is 18.4 Å². The van der Waals surface area contributed by atoms with E-state index in [4.69, 9.17) is 0 Å². The Balaban J connectivity index is 1.93. The molecular formula is C14H22N2. The maximum atomic E-state index is 3.59. The lowest BCUT2D eigenvalue weighted by Crippen LogP contribution is -2.39. The third-order valence-electron chi connectivity index (χ3n) is 3.42. The van der Waals surface area contributed by atoms with Gasteiger partial charge in [-0.15, -0.1) is 0 Å². The molecule has 1 saturated heterocycles. The smallest absolute Gasteiger partial charge is 0.0400 e. The molecule has 1 atom stereocenters. The van der Waals surface area contributed by atoms with Crippen molar-refractivity contribution in [2.45, 2.75) is 39.2 Å². The maximum absolute atomic E-state index is 3.59. The predicted molar refractivity (Wildman–Crippen MR) is 70.0 cm³/mol. The maximum Gasteiger partial charge on any atom is 0.0400 e. The van der Waals surface area contributed by atoms with Crippen molar-refractivity contribution < 1.29 is 0 Å². The number of piperidine rings is 1. The van der Waals surface area contributed by atoms with E-state index < -0.39 is 0 Å². The van der Waals surface area contributed by atoms with E-state index in [2.05, 4.69) is 42.7 Å². The van der Waals surface area contributed by atoms with E-state index in [0.717, 1.165) is 6.54 Å². The minimum atomic E-state index is 0.646. The van der Waals surface area contributed by atoms with Gasteiger partial charge in [0.05, 0.1) is 0 Å². The number of nitrogens with one attached hydrogen (secondary N) is 2. The van der Waals surface area contributed by atoms with Crippen LogP contribution in [0.4, 0.5) is 5.69 Å². The van der Waals surface area contributed by atoms with E-state index in [1.165, 1.54) is 42.6 Å². The molecule has 88 valence electrons. The molecule has 1 aliphatic rings. The van der Waals surface area contributed by atoms with E-state index in [9.17, 15) is 0 Å². The molecule has 0 aliphatic carbocycles. The van der Waals surface area contributed by atoms with Crippen molar-refractivity contribution in [2.24, 2.45) is 0 Å². The standard InChI is InChI=1S/C14H22N2/c1-11-6-5-7-12(2)14(11)16-10-13-8-3-4-9-15-13/h5-7,13,15-16H,3-4,8-10H2,1-2H3. The molecule has 1 heterocycles. The molecule has 1 aromatic rings. The molecule has 0 aromatic heterocycles.